The van der Waals surface area contributed by atoms with Crippen molar-refractivity contribution in [3.8, 4) is 0 Å². The summed E-state index contributed by atoms with van der Waals surface area (Å²) in [6, 6.07) is 2.02. The normalized spacial score (nSPS) is 11.1. The minimum Gasteiger partial charge on any atom is -0.327 e. The van der Waals surface area contributed by atoms with Crippen LogP contribution in [0.1, 0.15) is 26.1 Å². The summed E-state index contributed by atoms with van der Waals surface area (Å²) in [4.78, 5) is 8.70. The van der Waals surface area contributed by atoms with Crippen LogP contribution in [-0.4, -0.2) is 21.1 Å². The van der Waals surface area contributed by atoms with Gasteiger partial charge in [-0.1, -0.05) is 6.92 Å². The van der Waals surface area contributed by atoms with Gasteiger partial charge in [-0.2, -0.15) is 0 Å². The Morgan fingerprint density at radius 1 is 1.38 bits per heavy atom. The van der Waals surface area contributed by atoms with E-state index in [1.807, 2.05) is 18.5 Å². The standard InChI is InChI=1S/C12H18N4/c1-3-6-13-9-12-15-10-8-14-7-5-11(10)16(12)4-2/h5,7-8,13H,3-4,6,9H2,1-2H3. The van der Waals surface area contributed by atoms with Crippen molar-refractivity contribution in [3.05, 3.63) is 24.3 Å². The highest BCUT2D eigenvalue weighted by Crippen LogP contribution is 2.14. The first-order chi connectivity index (χ1) is 7.86. The molecule has 2 aromatic heterocycles. The zero-order chi connectivity index (χ0) is 11.4. The number of imidazole rings is 1. The van der Waals surface area contributed by atoms with E-state index in [4.69, 9.17) is 0 Å². The van der Waals surface area contributed by atoms with E-state index in [0.717, 1.165) is 37.4 Å². The van der Waals surface area contributed by atoms with Gasteiger partial charge in [-0.05, 0) is 26.0 Å². The molecule has 0 radical (unpaired) electrons. The number of fused-ring (bicyclic) bond motifs is 1. The summed E-state index contributed by atoms with van der Waals surface area (Å²) >= 11 is 0. The number of nitrogens with one attached hydrogen (secondary N) is 1. The first kappa shape index (κ1) is 11.1. The highest BCUT2D eigenvalue weighted by atomic mass is 15.1. The second kappa shape index (κ2) is 5.07. The molecule has 0 unspecified atom stereocenters. The summed E-state index contributed by atoms with van der Waals surface area (Å²) in [7, 11) is 0. The molecular weight excluding hydrogens is 200 g/mol. The third kappa shape index (κ3) is 2.07. The molecule has 0 atom stereocenters. The van der Waals surface area contributed by atoms with Gasteiger partial charge in [0.15, 0.2) is 0 Å². The van der Waals surface area contributed by atoms with Crippen molar-refractivity contribution in [3.63, 3.8) is 0 Å². The molecule has 0 aliphatic carbocycles. The average molecular weight is 218 g/mol. The molecule has 0 aliphatic heterocycles. The largest absolute Gasteiger partial charge is 0.327 e. The lowest BCUT2D eigenvalue weighted by Crippen LogP contribution is -2.17. The van der Waals surface area contributed by atoms with Crippen molar-refractivity contribution in [1.82, 2.24) is 19.9 Å². The van der Waals surface area contributed by atoms with Crippen LogP contribution in [0, 0.1) is 0 Å². The minimum absolute atomic E-state index is 0.830. The number of aryl methyl sites for hydroxylation is 1. The summed E-state index contributed by atoms with van der Waals surface area (Å²) in [6.45, 7) is 7.12. The van der Waals surface area contributed by atoms with Crippen molar-refractivity contribution in [2.24, 2.45) is 0 Å². The number of hydrogen-bond donors (Lipinski definition) is 1. The van der Waals surface area contributed by atoms with Crippen molar-refractivity contribution >= 4 is 11.0 Å². The molecule has 0 spiro atoms. The number of hydrogen-bond acceptors (Lipinski definition) is 3. The van der Waals surface area contributed by atoms with Gasteiger partial charge in [0, 0.05) is 12.7 Å². The minimum atomic E-state index is 0.830. The van der Waals surface area contributed by atoms with Crippen LogP contribution < -0.4 is 5.32 Å². The average Bonchev–Trinajstić information content (AvgIpc) is 2.67. The monoisotopic (exact) mass is 218 g/mol. The fraction of sp³-hybridized carbons (Fsp3) is 0.500. The van der Waals surface area contributed by atoms with Crippen molar-refractivity contribution in [2.45, 2.75) is 33.4 Å². The molecule has 0 aromatic carbocycles. The Bertz CT molecular complexity index is 461. The Labute approximate surface area is 95.7 Å². The second-order valence-electron chi connectivity index (χ2n) is 3.81. The van der Waals surface area contributed by atoms with Gasteiger partial charge >= 0.3 is 0 Å². The first-order valence-electron chi connectivity index (χ1n) is 5.86. The van der Waals surface area contributed by atoms with E-state index in [9.17, 15) is 0 Å². The van der Waals surface area contributed by atoms with E-state index < -0.39 is 0 Å². The van der Waals surface area contributed by atoms with Crippen molar-refractivity contribution < 1.29 is 0 Å². The van der Waals surface area contributed by atoms with Gasteiger partial charge in [-0.3, -0.25) is 4.98 Å². The van der Waals surface area contributed by atoms with Crippen LogP contribution in [0.4, 0.5) is 0 Å². The predicted octanol–water partition coefficient (Wildman–Crippen LogP) is 1.95. The maximum absolute atomic E-state index is 4.59. The Balaban J connectivity index is 2.29. The van der Waals surface area contributed by atoms with Gasteiger partial charge in [0.1, 0.15) is 11.3 Å². The molecule has 2 aromatic rings. The third-order valence-corrected chi connectivity index (χ3v) is 2.66. The molecule has 0 saturated carbocycles. The third-order valence-electron chi connectivity index (χ3n) is 2.66. The van der Waals surface area contributed by atoms with Crippen LogP contribution in [0.25, 0.3) is 11.0 Å². The van der Waals surface area contributed by atoms with Crippen LogP contribution in [0.3, 0.4) is 0 Å². The van der Waals surface area contributed by atoms with Crippen LogP contribution in [0.5, 0.6) is 0 Å². The predicted molar refractivity (Wildman–Crippen MR) is 65.2 cm³/mol. The zero-order valence-electron chi connectivity index (χ0n) is 9.90. The molecule has 4 heteroatoms. The van der Waals surface area contributed by atoms with Crippen LogP contribution in [-0.2, 0) is 13.1 Å². The van der Waals surface area contributed by atoms with E-state index in [1.54, 1.807) is 0 Å². The van der Waals surface area contributed by atoms with Gasteiger partial charge in [0.05, 0.1) is 18.3 Å². The van der Waals surface area contributed by atoms with Gasteiger partial charge in [-0.25, -0.2) is 4.98 Å². The summed E-state index contributed by atoms with van der Waals surface area (Å²) in [5, 5.41) is 3.38. The SMILES string of the molecule is CCCNCc1nc2cnccc2n1CC. The number of aromatic nitrogens is 3. The number of rotatable bonds is 5. The lowest BCUT2D eigenvalue weighted by molar-refractivity contribution is 0.615. The second-order valence-corrected chi connectivity index (χ2v) is 3.81. The Kier molecular flexibility index (Phi) is 3.51. The Hall–Kier alpha value is -1.42. The van der Waals surface area contributed by atoms with Gasteiger partial charge in [0.25, 0.3) is 0 Å². The van der Waals surface area contributed by atoms with E-state index in [0.29, 0.717) is 0 Å². The van der Waals surface area contributed by atoms with Crippen molar-refractivity contribution in [2.75, 3.05) is 6.54 Å². The fourth-order valence-corrected chi connectivity index (χ4v) is 1.90. The molecule has 1 N–H and O–H groups in total. The smallest absolute Gasteiger partial charge is 0.123 e. The maximum atomic E-state index is 4.59. The van der Waals surface area contributed by atoms with Gasteiger partial charge in [0.2, 0.25) is 0 Å². The highest BCUT2D eigenvalue weighted by Gasteiger charge is 2.08. The molecule has 16 heavy (non-hydrogen) atoms. The molecular formula is C12H18N4. The quantitative estimate of drug-likeness (QED) is 0.780. The van der Waals surface area contributed by atoms with E-state index in [2.05, 4.69) is 33.7 Å². The van der Waals surface area contributed by atoms with E-state index in [-0.39, 0.29) is 0 Å². The van der Waals surface area contributed by atoms with E-state index in [1.165, 1.54) is 5.52 Å². The number of pyridine rings is 1. The molecule has 4 nitrogen and oxygen atoms in total. The lowest BCUT2D eigenvalue weighted by atomic mass is 10.4. The van der Waals surface area contributed by atoms with Crippen LogP contribution in [0.2, 0.25) is 0 Å². The topological polar surface area (TPSA) is 42.7 Å². The zero-order valence-corrected chi connectivity index (χ0v) is 9.90. The summed E-state index contributed by atoms with van der Waals surface area (Å²) in [5.41, 5.74) is 2.16. The summed E-state index contributed by atoms with van der Waals surface area (Å²) < 4.78 is 2.24. The van der Waals surface area contributed by atoms with Gasteiger partial charge < -0.3 is 9.88 Å². The van der Waals surface area contributed by atoms with Crippen molar-refractivity contribution in [1.29, 1.82) is 0 Å². The summed E-state index contributed by atoms with van der Waals surface area (Å²) in [5.74, 6) is 1.10. The molecule has 2 heterocycles. The van der Waals surface area contributed by atoms with Crippen LogP contribution >= 0.6 is 0 Å². The lowest BCUT2D eigenvalue weighted by Gasteiger charge is -2.06. The Morgan fingerprint density at radius 3 is 3.00 bits per heavy atom. The highest BCUT2D eigenvalue weighted by molar-refractivity contribution is 5.74. The molecule has 2 rings (SSSR count). The number of nitrogens with zero attached hydrogens (tertiary/aromatic N) is 3. The molecule has 86 valence electrons. The molecule has 0 bridgehead atoms. The molecule has 0 amide bonds. The Morgan fingerprint density at radius 2 is 2.25 bits per heavy atom. The molecule has 0 aliphatic rings. The fourth-order valence-electron chi connectivity index (χ4n) is 1.90. The molecule has 0 fully saturated rings. The van der Waals surface area contributed by atoms with E-state index >= 15 is 0 Å². The first-order valence-corrected chi connectivity index (χ1v) is 5.86. The summed E-state index contributed by atoms with van der Waals surface area (Å²) in [6.07, 6.45) is 4.79. The molecule has 0 saturated heterocycles. The van der Waals surface area contributed by atoms with Crippen LogP contribution in [0.15, 0.2) is 18.5 Å². The van der Waals surface area contributed by atoms with Gasteiger partial charge in [-0.15, -0.1) is 0 Å². The maximum Gasteiger partial charge on any atom is 0.123 e.